The first-order chi connectivity index (χ1) is 101. The third-order valence-corrected chi connectivity index (χ3v) is 25.4. The number of rotatable bonds is 28. The molecular formula is C118H170N6O18. The van der Waals surface area contributed by atoms with Crippen LogP contribution in [0.15, 0.2) is 72.7 Å². The van der Waals surface area contributed by atoms with Gasteiger partial charge in [-0.2, -0.15) is 0 Å². The van der Waals surface area contributed by atoms with Gasteiger partial charge in [-0.1, -0.05) is 108 Å². The van der Waals surface area contributed by atoms with Gasteiger partial charge in [0.15, 0.2) is 69.0 Å². The molecule has 12 aliphatic heterocycles. The first kappa shape index (κ1) is 42.9. The lowest BCUT2D eigenvalue weighted by atomic mass is 9.79. The van der Waals surface area contributed by atoms with E-state index in [4.69, 9.17) is 175 Å². The molecule has 16 unspecified atom stereocenters. The minimum Gasteiger partial charge on any atom is -0.493 e. The van der Waals surface area contributed by atoms with Crippen LogP contribution >= 0.6 is 0 Å². The minimum atomic E-state index is -4.69. The number of ketones is 6. The Bertz CT molecular complexity index is 9280. The number of hydrogen-bond acceptors (Lipinski definition) is 24. The van der Waals surface area contributed by atoms with Crippen LogP contribution in [0.4, 0.5) is 0 Å². The number of hydrogen-bond donors (Lipinski definition) is 0. The number of ether oxygens (including phenoxy) is 12. The van der Waals surface area contributed by atoms with Crippen molar-refractivity contribution in [2.45, 2.75) is 260 Å². The van der Waals surface area contributed by atoms with Gasteiger partial charge in [-0.05, 0) is 252 Å². The topological polar surface area (TPSA) is 233 Å². The number of Topliss-reactive ketones (excluding diaryl/α,β-unsaturated/α-hetero) is 6. The first-order valence-corrected chi connectivity index (χ1v) is 44.9. The van der Waals surface area contributed by atoms with Gasteiger partial charge in [0.1, 0.15) is 34.7 Å². The van der Waals surface area contributed by atoms with Crippen molar-refractivity contribution in [3.63, 3.8) is 0 Å². The molecule has 24 nitrogen and oxygen atoms in total. The summed E-state index contributed by atoms with van der Waals surface area (Å²) < 4.78 is 756. The van der Waals surface area contributed by atoms with Crippen molar-refractivity contribution in [3.05, 3.63) is 140 Å². The second kappa shape index (κ2) is 50.7. The Morgan fingerprint density at radius 3 is 1.12 bits per heavy atom. The summed E-state index contributed by atoms with van der Waals surface area (Å²) in [5, 5.41) is 0. The molecule has 0 aliphatic carbocycles. The summed E-state index contributed by atoms with van der Waals surface area (Å²) in [7, 11) is -32.0. The van der Waals surface area contributed by atoms with Crippen molar-refractivity contribution < 1.29 is 205 Å². The van der Waals surface area contributed by atoms with Crippen LogP contribution in [0, 0.1) is 70.8 Å². The van der Waals surface area contributed by atoms with Crippen LogP contribution in [0.1, 0.15) is 407 Å². The molecule has 6 saturated heterocycles. The number of nitrogens with zero attached hydrogens (tertiary/aromatic N) is 6. The fourth-order valence-corrected chi connectivity index (χ4v) is 18.5. The van der Waals surface area contributed by atoms with Crippen LogP contribution in [0.5, 0.6) is 69.0 Å². The van der Waals surface area contributed by atoms with Gasteiger partial charge in [-0.25, -0.2) is 0 Å². The smallest absolute Gasteiger partial charge is 0.161 e. The lowest BCUT2D eigenvalue weighted by Crippen LogP contribution is -2.46. The molecule has 0 bridgehead atoms. The van der Waals surface area contributed by atoms with Gasteiger partial charge in [-0.15, -0.1) is 0 Å². The van der Waals surface area contributed by atoms with E-state index in [1.54, 1.807) is 14.7 Å². The number of piperidine rings is 6. The maximum absolute atomic E-state index is 14.1. The van der Waals surface area contributed by atoms with Gasteiger partial charge in [-0.3, -0.25) is 58.2 Å². The Balaban J connectivity index is 0.000000218. The van der Waals surface area contributed by atoms with E-state index < -0.39 is 401 Å². The summed E-state index contributed by atoms with van der Waals surface area (Å²) in [6.45, 7) is -18.6. The highest BCUT2D eigenvalue weighted by Gasteiger charge is 2.47. The molecule has 18 rings (SSSR count). The van der Waals surface area contributed by atoms with Gasteiger partial charge in [0, 0.05) is 258 Å². The molecular weight excluding hydrogens is 1790 g/mol. The van der Waals surface area contributed by atoms with E-state index in [1.807, 2.05) is 27.7 Å². The van der Waals surface area contributed by atoms with E-state index >= 15 is 0 Å². The summed E-state index contributed by atoms with van der Waals surface area (Å²) in [5.41, 5.74) is 0.774. The molecule has 6 aromatic rings. The second-order valence-electron chi connectivity index (χ2n) is 34.9. The summed E-state index contributed by atoms with van der Waals surface area (Å²) in [4.78, 5) is 87.2. The van der Waals surface area contributed by atoms with E-state index in [0.29, 0.717) is 85.0 Å². The molecule has 12 heterocycles. The largest absolute Gasteiger partial charge is 0.493 e. The molecule has 6 aromatic carbocycles. The zero-order valence-corrected chi connectivity index (χ0v) is 78.8. The quantitative estimate of drug-likeness (QED) is 0.0444. The van der Waals surface area contributed by atoms with Crippen LogP contribution in [0.25, 0.3) is 0 Å². The van der Waals surface area contributed by atoms with Crippen LogP contribution in [0.2, 0.25) is 0 Å². The van der Waals surface area contributed by atoms with E-state index in [2.05, 4.69) is 0 Å². The van der Waals surface area contributed by atoms with Crippen LogP contribution < -0.4 is 56.8 Å². The normalized spacial score (nSPS) is 41.7. The Kier molecular flexibility index (Phi) is 15.3. The predicted octanol–water partition coefficient (Wildman–Crippen LogP) is 21.0. The van der Waals surface area contributed by atoms with E-state index in [1.165, 1.54) is 47.4 Å². The summed E-state index contributed by atoms with van der Waals surface area (Å²) in [5.74, 6) is -41.4. The maximum Gasteiger partial charge on any atom is 0.161 e. The Morgan fingerprint density at radius 2 is 0.683 bits per heavy atom. The summed E-state index contributed by atoms with van der Waals surface area (Å²) >= 11 is 0. The SMILES string of the molecule is [2H]C([2H])([2H])Oc1cc2c(cc1OC([2H])([2H])[2H])C1CC(=O)C(C([2H])([2H])C([2H])(C([2H])([2H])[2H])C([2H])([2H])C)C([2H])([2H])N1CC2.[2H]C([2H])([2H])Oc1cc2c(cc1OC([2H])([2H])[2H])C1CC(=O)C(C([2H])([2H])C([2H])(C([2H])([2H])[2H])C([2H])([2H])C)CN1CC2.[2H]C([2H])([2H])Oc1cc2c(cc1OC([2H])([2H])[2H])C1CC(=O)C(CC(C)C)CN1C([2H])([2H])C2.[2H]C([2H])([2H])Oc1cc2c(cc1OC([2H])([2H])[2H])C1N(CC2)CC([2H])(C([2H])([2H])C([2H])(C([2H])([2H])[2H])C([2H])([2H])C)C(=O)C1([2H])[2H].[2H]C([2H])([2H])Oc1cc2c(cc1OC([2H])([2H])[2H])C1N(CC2)CC([2H])(CC(C)C)C(=O)C1([2H])[2H].[2H]c1c(OC([2H])([2H])[2H])c(OC)c([2H])c2c1C([2H])([2H])C([2H])([2H])N1C([2H])([2H])C([2H])(C([2H])([2H])C([2H])(C([2H])([2H])[2H])C([2H])([2H])C)C(=O)C([2H])([2H])C21[2H]. The summed E-state index contributed by atoms with van der Waals surface area (Å²) in [6.07, 6.45) is -40.7. The van der Waals surface area contributed by atoms with Crippen molar-refractivity contribution in [1.29, 1.82) is 0 Å². The van der Waals surface area contributed by atoms with Crippen molar-refractivity contribution in [3.8, 4) is 69.0 Å². The van der Waals surface area contributed by atoms with Crippen molar-refractivity contribution >= 4 is 34.7 Å². The zero-order valence-electron chi connectivity index (χ0n) is 166. The first-order valence-electron chi connectivity index (χ1n) is 88.4. The highest BCUT2D eigenvalue weighted by Crippen LogP contribution is 2.51. The molecule has 16 atom stereocenters. The van der Waals surface area contributed by atoms with Crippen molar-refractivity contribution in [1.82, 2.24) is 29.4 Å². The summed E-state index contributed by atoms with van der Waals surface area (Å²) in [6, 6.07) is 0.468. The molecule has 780 valence electrons. The number of fused-ring (bicyclic) bond motifs is 18. The lowest BCUT2D eigenvalue weighted by Gasteiger charge is -2.43. The molecule has 0 saturated carbocycles. The van der Waals surface area contributed by atoms with E-state index in [0.717, 1.165) is 37.1 Å². The number of carbonyl (C=O) groups is 6. The number of aryl methyl sites for hydroxylation is 1. The monoisotopic (exact) mass is 2050 g/mol. The van der Waals surface area contributed by atoms with E-state index in [9.17, 15) is 30.1 Å². The average Bonchev–Trinajstić information content (AvgIpc) is 0.630. The predicted molar refractivity (Wildman–Crippen MR) is 559 cm³/mol. The Morgan fingerprint density at radius 1 is 0.338 bits per heavy atom. The average molecular weight is 2050 g/mol. The van der Waals surface area contributed by atoms with Gasteiger partial charge in [0.05, 0.1) is 134 Å². The molecule has 142 heavy (non-hydrogen) atoms. The second-order valence-corrected chi connectivity index (χ2v) is 34.9. The highest BCUT2D eigenvalue weighted by molar-refractivity contribution is 5.86. The standard InChI is InChI=1S/4C20H29NO3.2C19H27NO3/c4*1-5-13(2)8-15-12-21-7-6-14-9-19(23-3)20(24-4)10-16(14)17(21)11-18(15)22;2*1-12(2)7-14-11-20-6-5-13-8-18(22-3)19(23-4)9-15(13)16(20)10-17(14)21/h4*9-10,13,15,17H,5-8,11-12H2,1-4H3;2*8-9,12,14,16H,5-7,10-11H2,1-4H3/i2D3,3D3,5D2,6D2,7D2,8D2,9D,10D,11D2,12D2,13D,15D,17D;2D3,3D3,4D3,5D2,8D2,11D2,13D,15D;2D3,3D3,4D3,5D2,8D2,12D2,13D;2D3,3D3,4D3,5D2,8D2,13D;3D3,4D3,10D2,14D;3D3,4D3,6D2. The third-order valence-electron chi connectivity index (χ3n) is 25.4. The zero-order chi connectivity index (χ0) is 177. The molecule has 24 heteroatoms. The fraction of sp³-hybridized carbons (Fsp3) is 0.644. The Labute approximate surface area is 971 Å². The fourth-order valence-electron chi connectivity index (χ4n) is 18.5. The van der Waals surface area contributed by atoms with Crippen LogP contribution in [0.3, 0.4) is 0 Å². The molecule has 0 N–H and O–H groups in total. The highest BCUT2D eigenvalue weighted by atomic mass is 16.5. The van der Waals surface area contributed by atoms with Crippen LogP contribution in [-0.4, -0.2) is 227 Å². The maximum atomic E-state index is 14.1. The van der Waals surface area contributed by atoms with Gasteiger partial charge in [0.2, 0.25) is 0 Å². The van der Waals surface area contributed by atoms with Crippen LogP contribution in [-0.2, 0) is 67.2 Å². The van der Waals surface area contributed by atoms with Gasteiger partial charge >= 0.3 is 0 Å². The number of methoxy groups -OCH3 is 12. The third kappa shape index (κ3) is 25.7. The molecule has 0 aromatic heterocycles. The molecule has 12 aliphatic rings. The minimum absolute atomic E-state index is 0.000481. The van der Waals surface area contributed by atoms with Gasteiger partial charge < -0.3 is 56.8 Å². The number of carbonyl (C=O) groups excluding carboxylic acids is 6. The molecule has 0 spiro atoms. The lowest BCUT2D eigenvalue weighted by molar-refractivity contribution is -0.130. The molecule has 0 radical (unpaired) electrons. The molecule has 6 fully saturated rings. The van der Waals surface area contributed by atoms with Crippen molar-refractivity contribution in [2.75, 3.05) is 163 Å². The van der Waals surface area contributed by atoms with Crippen molar-refractivity contribution in [2.24, 2.45) is 70.8 Å². The molecule has 0 amide bonds. The Hall–Kier alpha value is -9.30. The van der Waals surface area contributed by atoms with E-state index in [-0.39, 0.29) is 153 Å². The number of benzene rings is 6. The van der Waals surface area contributed by atoms with Gasteiger partial charge in [0.25, 0.3) is 0 Å².